The van der Waals surface area contributed by atoms with Gasteiger partial charge in [-0.1, -0.05) is 6.58 Å². The second-order valence-corrected chi connectivity index (χ2v) is 7.01. The van der Waals surface area contributed by atoms with Crippen LogP contribution in [-0.4, -0.2) is 45.3 Å². The molecule has 1 amide bonds. The number of aliphatic carboxylic acids is 1. The van der Waals surface area contributed by atoms with Crippen molar-refractivity contribution in [2.45, 2.75) is 18.3 Å². The van der Waals surface area contributed by atoms with Crippen molar-refractivity contribution in [1.82, 2.24) is 4.90 Å². The Morgan fingerprint density at radius 1 is 1.57 bits per heavy atom. The number of amides is 1. The average molecular weight is 354 g/mol. The van der Waals surface area contributed by atoms with Crippen LogP contribution in [0.15, 0.2) is 40.7 Å². The van der Waals surface area contributed by atoms with Gasteiger partial charge in [-0.05, 0) is 30.9 Å². The van der Waals surface area contributed by atoms with Crippen LogP contribution in [0.4, 0.5) is 0 Å². The van der Waals surface area contributed by atoms with Crippen LogP contribution in [0.5, 0.6) is 0 Å². The molecule has 6 nitrogen and oxygen atoms in total. The summed E-state index contributed by atoms with van der Waals surface area (Å²) in [5.41, 5.74) is 6.31. The van der Waals surface area contributed by atoms with Gasteiger partial charge in [0, 0.05) is 10.7 Å². The van der Waals surface area contributed by atoms with Gasteiger partial charge < -0.3 is 15.3 Å². The van der Waals surface area contributed by atoms with Gasteiger partial charge in [0.05, 0.1) is 6.26 Å². The second kappa shape index (κ2) is 7.29. The van der Waals surface area contributed by atoms with Crippen molar-refractivity contribution >= 4 is 40.3 Å². The topological polar surface area (TPSA) is 96.8 Å². The van der Waals surface area contributed by atoms with Crippen LogP contribution in [0, 0.1) is 0 Å². The van der Waals surface area contributed by atoms with Crippen LogP contribution in [0.2, 0.25) is 0 Å². The minimum atomic E-state index is -1.13. The number of hydrogen-bond donors (Lipinski definition) is 2. The van der Waals surface area contributed by atoms with Gasteiger partial charge in [-0.25, -0.2) is 4.79 Å². The third-order valence-electron chi connectivity index (χ3n) is 3.43. The Bertz CT molecular complexity index is 654. The van der Waals surface area contributed by atoms with E-state index in [1.165, 1.54) is 28.4 Å². The van der Waals surface area contributed by atoms with Gasteiger partial charge in [-0.3, -0.25) is 9.69 Å². The summed E-state index contributed by atoms with van der Waals surface area (Å²) >= 11 is 2.73. The molecule has 23 heavy (non-hydrogen) atoms. The molecule has 0 aromatic carbocycles. The van der Waals surface area contributed by atoms with Crippen molar-refractivity contribution in [3.8, 4) is 0 Å². The number of carboxylic acids is 1. The van der Waals surface area contributed by atoms with Crippen LogP contribution >= 0.6 is 23.5 Å². The number of carbonyl (C=O) groups is 2. The fourth-order valence-corrected chi connectivity index (χ4v) is 3.85. The molecule has 0 spiro atoms. The first-order valence-electron chi connectivity index (χ1n) is 6.78. The van der Waals surface area contributed by atoms with Crippen molar-refractivity contribution in [2.75, 3.05) is 12.0 Å². The summed E-state index contributed by atoms with van der Waals surface area (Å²) in [4.78, 5) is 25.5. The van der Waals surface area contributed by atoms with Crippen LogP contribution < -0.4 is 5.73 Å². The Kier molecular flexibility index (Phi) is 5.61. The molecule has 2 rings (SSSR count). The number of hydrogen-bond acceptors (Lipinski definition) is 6. The molecule has 3 N–H and O–H groups in total. The molecule has 2 atom stereocenters. The van der Waals surface area contributed by atoms with Crippen LogP contribution in [0.3, 0.4) is 0 Å². The third-order valence-corrected chi connectivity index (χ3v) is 5.55. The zero-order valence-electron chi connectivity index (χ0n) is 12.8. The van der Waals surface area contributed by atoms with E-state index in [0.717, 1.165) is 0 Å². The van der Waals surface area contributed by atoms with Crippen molar-refractivity contribution < 1.29 is 19.1 Å². The number of carbonyl (C=O) groups excluding carboxylic acids is 1. The molecule has 2 heterocycles. The Morgan fingerprint density at radius 2 is 2.26 bits per heavy atom. The Morgan fingerprint density at radius 3 is 2.78 bits per heavy atom. The first-order chi connectivity index (χ1) is 10.9. The normalized spacial score (nSPS) is 21.7. The predicted molar refractivity (Wildman–Crippen MR) is 92.7 cm³/mol. The molecule has 1 unspecified atom stereocenters. The van der Waals surface area contributed by atoms with Crippen LogP contribution in [-0.2, 0) is 9.59 Å². The molecule has 1 aromatic heterocycles. The van der Waals surface area contributed by atoms with Gasteiger partial charge in [-0.2, -0.15) is 0 Å². The van der Waals surface area contributed by atoms with E-state index in [1.54, 1.807) is 31.6 Å². The van der Waals surface area contributed by atoms with E-state index in [2.05, 4.69) is 6.58 Å². The zero-order valence-corrected chi connectivity index (χ0v) is 14.4. The third kappa shape index (κ3) is 3.49. The van der Waals surface area contributed by atoms with E-state index in [1.807, 2.05) is 0 Å². The number of rotatable bonds is 7. The molecule has 1 aliphatic heterocycles. The van der Waals surface area contributed by atoms with Crippen molar-refractivity contribution in [2.24, 2.45) is 5.73 Å². The van der Waals surface area contributed by atoms with Gasteiger partial charge in [0.1, 0.15) is 22.9 Å². The molecule has 124 valence electrons. The summed E-state index contributed by atoms with van der Waals surface area (Å²) in [5, 5.41) is 9.15. The maximum absolute atomic E-state index is 12.0. The zero-order chi connectivity index (χ0) is 17.1. The highest BCUT2D eigenvalue weighted by Crippen LogP contribution is 2.34. The number of β-lactam (4-membered cyclic amide) rings is 1. The van der Waals surface area contributed by atoms with E-state index >= 15 is 0 Å². The predicted octanol–water partition coefficient (Wildman–Crippen LogP) is 2.20. The lowest BCUT2D eigenvalue weighted by molar-refractivity contribution is -0.147. The largest absolute Gasteiger partial charge is 0.477 e. The highest BCUT2D eigenvalue weighted by atomic mass is 32.2. The van der Waals surface area contributed by atoms with Crippen LogP contribution in [0.25, 0.3) is 4.91 Å². The number of nitrogens with two attached hydrogens (primary N) is 1. The number of likely N-dealkylation sites (tertiary alicyclic amines) is 1. The lowest BCUT2D eigenvalue weighted by Gasteiger charge is -2.44. The molecule has 1 aromatic rings. The van der Waals surface area contributed by atoms with E-state index in [4.69, 9.17) is 10.2 Å². The average Bonchev–Trinajstić information content (AvgIpc) is 3.05. The SMILES string of the molecule is C=C(SC/C(C)=C(\C(=O)O)N1C(=O)[C@@H](N)C1SC)c1ccco1. The Balaban J connectivity index is 2.15. The first kappa shape index (κ1) is 17.7. The minimum Gasteiger partial charge on any atom is -0.477 e. The summed E-state index contributed by atoms with van der Waals surface area (Å²) < 4.78 is 5.24. The fraction of sp³-hybridized carbons (Fsp3) is 0.333. The molecule has 0 aliphatic carbocycles. The Labute approximate surface area is 142 Å². The summed E-state index contributed by atoms with van der Waals surface area (Å²) in [7, 11) is 0. The number of carboxylic acid groups (broad SMARTS) is 1. The van der Waals surface area contributed by atoms with Crippen molar-refractivity contribution in [3.63, 3.8) is 0 Å². The van der Waals surface area contributed by atoms with Gasteiger partial charge in [0.15, 0.2) is 0 Å². The maximum atomic E-state index is 12.0. The van der Waals surface area contributed by atoms with Crippen molar-refractivity contribution in [3.05, 3.63) is 42.0 Å². The molecule has 8 heteroatoms. The summed E-state index contributed by atoms with van der Waals surface area (Å²) in [6, 6.07) is 2.89. The molecular formula is C15H18N2O4S2. The summed E-state index contributed by atoms with van der Waals surface area (Å²) in [5.74, 6) is -0.466. The van der Waals surface area contributed by atoms with E-state index in [-0.39, 0.29) is 17.0 Å². The second-order valence-electron chi connectivity index (χ2n) is 4.98. The van der Waals surface area contributed by atoms with E-state index in [0.29, 0.717) is 22.0 Å². The van der Waals surface area contributed by atoms with E-state index in [9.17, 15) is 14.7 Å². The van der Waals surface area contributed by atoms with Crippen LogP contribution in [0.1, 0.15) is 12.7 Å². The maximum Gasteiger partial charge on any atom is 0.352 e. The Hall–Kier alpha value is -1.64. The van der Waals surface area contributed by atoms with Crippen molar-refractivity contribution in [1.29, 1.82) is 0 Å². The molecule has 0 saturated carbocycles. The highest BCUT2D eigenvalue weighted by molar-refractivity contribution is 8.08. The minimum absolute atomic E-state index is 0.00389. The molecule has 0 radical (unpaired) electrons. The van der Waals surface area contributed by atoms with E-state index < -0.39 is 12.0 Å². The monoisotopic (exact) mass is 354 g/mol. The molecular weight excluding hydrogens is 336 g/mol. The fourth-order valence-electron chi connectivity index (χ4n) is 2.24. The molecule has 1 fully saturated rings. The smallest absolute Gasteiger partial charge is 0.352 e. The molecule has 0 bridgehead atoms. The molecule has 1 aliphatic rings. The lowest BCUT2D eigenvalue weighted by Crippen LogP contribution is -2.67. The highest BCUT2D eigenvalue weighted by Gasteiger charge is 2.48. The quantitative estimate of drug-likeness (QED) is 0.572. The summed E-state index contributed by atoms with van der Waals surface area (Å²) in [6.07, 6.45) is 3.35. The number of furan rings is 1. The molecule has 1 saturated heterocycles. The van der Waals surface area contributed by atoms with Gasteiger partial charge in [0.25, 0.3) is 0 Å². The lowest BCUT2D eigenvalue weighted by atomic mass is 10.1. The standard InChI is InChI=1S/C15H18N2O4S2/c1-8(7-23-9(2)10-5-4-6-21-10)12(15(19)20)17-13(18)11(16)14(17)22-3/h4-6,11,14H,2,7,16H2,1,3H3,(H,19,20)/b12-8+/t11-,14?/m1/s1. The number of nitrogens with zero attached hydrogens (tertiary/aromatic N) is 1. The number of thioether (sulfide) groups is 2. The van der Waals surface area contributed by atoms with Gasteiger partial charge >= 0.3 is 5.97 Å². The summed E-state index contributed by atoms with van der Waals surface area (Å²) in [6.45, 7) is 5.60. The first-order valence-corrected chi connectivity index (χ1v) is 9.06. The van der Waals surface area contributed by atoms with Gasteiger partial charge in [-0.15, -0.1) is 23.5 Å². The van der Waals surface area contributed by atoms with Gasteiger partial charge in [0.2, 0.25) is 5.91 Å².